The molecule has 0 aromatic carbocycles. The zero-order valence-electron chi connectivity index (χ0n) is 13.2. The van der Waals surface area contributed by atoms with E-state index in [1.807, 2.05) is 0 Å². The summed E-state index contributed by atoms with van der Waals surface area (Å²) >= 11 is 0. The van der Waals surface area contributed by atoms with E-state index in [0.717, 1.165) is 51.6 Å². The van der Waals surface area contributed by atoms with Gasteiger partial charge in [-0.05, 0) is 52.4 Å². The van der Waals surface area contributed by atoms with Gasteiger partial charge in [0.1, 0.15) is 5.54 Å². The number of ether oxygens (including phenoxy) is 1. The molecular formula is C16H28N2O3. The maximum atomic E-state index is 11.9. The van der Waals surface area contributed by atoms with E-state index in [-0.39, 0.29) is 12.2 Å². The highest BCUT2D eigenvalue weighted by atomic mass is 16.5. The number of nitrogens with zero attached hydrogens (tertiary/aromatic N) is 1. The molecule has 0 aromatic heterocycles. The fourth-order valence-electron chi connectivity index (χ4n) is 4.08. The second-order valence-electron chi connectivity index (χ2n) is 7.27. The molecule has 1 heterocycles. The molecule has 0 radical (unpaired) electrons. The second kappa shape index (κ2) is 5.86. The Morgan fingerprint density at radius 3 is 2.48 bits per heavy atom. The van der Waals surface area contributed by atoms with Crippen molar-refractivity contribution in [2.75, 3.05) is 13.1 Å². The molecule has 3 aliphatic rings. The number of hydrogen-bond acceptors (Lipinski definition) is 4. The van der Waals surface area contributed by atoms with Gasteiger partial charge in [-0.1, -0.05) is 0 Å². The van der Waals surface area contributed by atoms with Crippen LogP contribution in [0.2, 0.25) is 0 Å². The Labute approximate surface area is 127 Å². The lowest BCUT2D eigenvalue weighted by Crippen LogP contribution is -2.61. The van der Waals surface area contributed by atoms with E-state index >= 15 is 0 Å². The van der Waals surface area contributed by atoms with Crippen molar-refractivity contribution >= 4 is 5.97 Å². The first-order valence-corrected chi connectivity index (χ1v) is 8.39. The summed E-state index contributed by atoms with van der Waals surface area (Å²) in [6, 6.07) is 0.803. The second-order valence-corrected chi connectivity index (χ2v) is 7.27. The molecule has 3 fully saturated rings. The Kier molecular flexibility index (Phi) is 4.26. The lowest BCUT2D eigenvalue weighted by atomic mass is 9.78. The van der Waals surface area contributed by atoms with E-state index < -0.39 is 11.5 Å². The number of hydrogen-bond donors (Lipinski definition) is 2. The van der Waals surface area contributed by atoms with Crippen LogP contribution in [0.1, 0.15) is 52.4 Å². The Morgan fingerprint density at radius 2 is 1.90 bits per heavy atom. The SMILES string of the molecule is C[C@@H]1CN(C2CCCC(NC3CC3)(C(=O)O)C2)C[C@H](C)O1. The summed E-state index contributed by atoms with van der Waals surface area (Å²) in [4.78, 5) is 14.4. The summed E-state index contributed by atoms with van der Waals surface area (Å²) in [5, 5.41) is 13.2. The average Bonchev–Trinajstić information content (AvgIpc) is 3.21. The van der Waals surface area contributed by atoms with E-state index in [4.69, 9.17) is 4.74 Å². The molecule has 0 spiro atoms. The molecule has 2 unspecified atom stereocenters. The number of nitrogens with one attached hydrogen (secondary N) is 1. The van der Waals surface area contributed by atoms with Gasteiger partial charge in [-0.2, -0.15) is 0 Å². The van der Waals surface area contributed by atoms with Crippen LogP contribution in [0.5, 0.6) is 0 Å². The predicted molar refractivity (Wildman–Crippen MR) is 80.4 cm³/mol. The molecule has 2 N–H and O–H groups in total. The largest absolute Gasteiger partial charge is 0.480 e. The molecule has 0 amide bonds. The molecule has 1 saturated heterocycles. The molecule has 3 rings (SSSR count). The normalized spacial score (nSPS) is 41.9. The number of carbonyl (C=O) groups is 1. The van der Waals surface area contributed by atoms with Crippen molar-refractivity contribution in [2.45, 2.75) is 82.2 Å². The smallest absolute Gasteiger partial charge is 0.323 e. The highest BCUT2D eigenvalue weighted by Gasteiger charge is 2.47. The van der Waals surface area contributed by atoms with Crippen LogP contribution in [-0.4, -0.2) is 58.9 Å². The third-order valence-corrected chi connectivity index (χ3v) is 5.16. The van der Waals surface area contributed by atoms with Crippen molar-refractivity contribution in [3.63, 3.8) is 0 Å². The minimum absolute atomic E-state index is 0.242. The summed E-state index contributed by atoms with van der Waals surface area (Å²) in [6.45, 7) is 6.07. The lowest BCUT2D eigenvalue weighted by Gasteiger charge is -2.46. The summed E-state index contributed by atoms with van der Waals surface area (Å²) in [7, 11) is 0. The maximum absolute atomic E-state index is 11.9. The molecule has 2 saturated carbocycles. The number of morpholine rings is 1. The van der Waals surface area contributed by atoms with Crippen molar-refractivity contribution in [2.24, 2.45) is 0 Å². The number of carboxylic acids is 1. The predicted octanol–water partition coefficient (Wildman–Crippen LogP) is 1.61. The third-order valence-electron chi connectivity index (χ3n) is 5.16. The molecule has 0 bridgehead atoms. The molecule has 21 heavy (non-hydrogen) atoms. The van der Waals surface area contributed by atoms with Crippen molar-refractivity contribution in [1.82, 2.24) is 10.2 Å². The van der Waals surface area contributed by atoms with Gasteiger partial charge >= 0.3 is 5.97 Å². The standard InChI is InChI=1S/C16H28N2O3/c1-11-9-18(10-12(2)21-11)14-4-3-7-16(8-14,15(19)20)17-13-5-6-13/h11-14,17H,3-10H2,1-2H3,(H,19,20)/t11-,12+,14?,16?. The molecule has 2 aliphatic carbocycles. The molecule has 5 nitrogen and oxygen atoms in total. The maximum Gasteiger partial charge on any atom is 0.323 e. The fraction of sp³-hybridized carbons (Fsp3) is 0.938. The van der Waals surface area contributed by atoms with Crippen LogP contribution in [-0.2, 0) is 9.53 Å². The number of rotatable bonds is 4. The van der Waals surface area contributed by atoms with Crippen molar-refractivity contribution in [3.8, 4) is 0 Å². The summed E-state index contributed by atoms with van der Waals surface area (Å²) in [6.07, 6.45) is 6.36. The van der Waals surface area contributed by atoms with Gasteiger partial charge in [0.2, 0.25) is 0 Å². The molecule has 120 valence electrons. The molecule has 5 heteroatoms. The minimum Gasteiger partial charge on any atom is -0.480 e. The van der Waals surface area contributed by atoms with Gasteiger partial charge < -0.3 is 9.84 Å². The Hall–Kier alpha value is -0.650. The van der Waals surface area contributed by atoms with Gasteiger partial charge in [-0.15, -0.1) is 0 Å². The van der Waals surface area contributed by atoms with Gasteiger partial charge in [0.25, 0.3) is 0 Å². The fourth-order valence-corrected chi connectivity index (χ4v) is 4.08. The van der Waals surface area contributed by atoms with Crippen LogP contribution in [0.15, 0.2) is 0 Å². The zero-order valence-corrected chi connectivity index (χ0v) is 13.2. The molecule has 1 aliphatic heterocycles. The Morgan fingerprint density at radius 1 is 1.24 bits per heavy atom. The van der Waals surface area contributed by atoms with E-state index in [1.165, 1.54) is 0 Å². The van der Waals surface area contributed by atoms with Crippen molar-refractivity contribution in [1.29, 1.82) is 0 Å². The summed E-state index contributed by atoms with van der Waals surface area (Å²) in [5.74, 6) is -0.659. The van der Waals surface area contributed by atoms with Crippen molar-refractivity contribution in [3.05, 3.63) is 0 Å². The van der Waals surface area contributed by atoms with Crippen LogP contribution in [0.25, 0.3) is 0 Å². The topological polar surface area (TPSA) is 61.8 Å². The molecular weight excluding hydrogens is 268 g/mol. The van der Waals surface area contributed by atoms with Crippen molar-refractivity contribution < 1.29 is 14.6 Å². The summed E-state index contributed by atoms with van der Waals surface area (Å²) in [5.41, 5.74) is -0.700. The minimum atomic E-state index is -0.700. The Balaban J connectivity index is 1.69. The summed E-state index contributed by atoms with van der Waals surface area (Å²) < 4.78 is 5.81. The third kappa shape index (κ3) is 3.41. The highest BCUT2D eigenvalue weighted by molar-refractivity contribution is 5.79. The van der Waals surface area contributed by atoms with Gasteiger partial charge in [-0.25, -0.2) is 0 Å². The van der Waals surface area contributed by atoms with Crippen LogP contribution in [0, 0.1) is 0 Å². The monoisotopic (exact) mass is 296 g/mol. The average molecular weight is 296 g/mol. The van der Waals surface area contributed by atoms with Crippen LogP contribution < -0.4 is 5.32 Å². The van der Waals surface area contributed by atoms with E-state index in [9.17, 15) is 9.90 Å². The Bertz CT molecular complexity index is 389. The molecule has 0 aromatic rings. The number of aliphatic carboxylic acids is 1. The van der Waals surface area contributed by atoms with Gasteiger partial charge in [-0.3, -0.25) is 15.0 Å². The zero-order chi connectivity index (χ0) is 15.0. The van der Waals surface area contributed by atoms with Gasteiger partial charge in [0.05, 0.1) is 12.2 Å². The first-order valence-electron chi connectivity index (χ1n) is 8.39. The highest BCUT2D eigenvalue weighted by Crippen LogP contribution is 2.35. The van der Waals surface area contributed by atoms with Crippen LogP contribution in [0.4, 0.5) is 0 Å². The van der Waals surface area contributed by atoms with E-state index in [2.05, 4.69) is 24.1 Å². The van der Waals surface area contributed by atoms with E-state index in [1.54, 1.807) is 0 Å². The quantitative estimate of drug-likeness (QED) is 0.825. The first-order chi connectivity index (χ1) is 9.98. The lowest BCUT2D eigenvalue weighted by molar-refractivity contribution is -0.148. The first kappa shape index (κ1) is 15.3. The van der Waals surface area contributed by atoms with Gasteiger partial charge in [0.15, 0.2) is 0 Å². The number of carboxylic acid groups (broad SMARTS) is 1. The van der Waals surface area contributed by atoms with Crippen LogP contribution >= 0.6 is 0 Å². The van der Waals surface area contributed by atoms with Gasteiger partial charge in [0, 0.05) is 25.2 Å². The van der Waals surface area contributed by atoms with Crippen LogP contribution in [0.3, 0.4) is 0 Å². The molecule has 4 atom stereocenters. The van der Waals surface area contributed by atoms with E-state index in [0.29, 0.717) is 12.1 Å².